The monoisotopic (exact) mass is 953 g/mol. The van der Waals surface area contributed by atoms with Gasteiger partial charge in [-0.25, -0.2) is 0 Å². The molecule has 1 saturated heterocycles. The number of amides is 2. The molecule has 0 unspecified atom stereocenters. The first-order valence-corrected chi connectivity index (χ1v) is 28.0. The molecule has 0 aromatic rings. The van der Waals surface area contributed by atoms with Gasteiger partial charge in [0.2, 0.25) is 11.8 Å². The van der Waals surface area contributed by atoms with Crippen LogP contribution in [0.25, 0.3) is 0 Å². The summed E-state index contributed by atoms with van der Waals surface area (Å²) in [4.78, 5) is 47.9. The summed E-state index contributed by atoms with van der Waals surface area (Å²) in [6.07, 6.45) is 39.7. The van der Waals surface area contributed by atoms with Crippen LogP contribution in [0.3, 0.4) is 0 Å². The molecule has 0 radical (unpaired) electrons. The predicted octanol–water partition coefficient (Wildman–Crippen LogP) is 13.9. The lowest BCUT2D eigenvalue weighted by Gasteiger charge is -2.24. The highest BCUT2D eigenvalue weighted by atomic mass is 16.5. The quantitative estimate of drug-likeness (QED) is 0.0457. The van der Waals surface area contributed by atoms with Crippen molar-refractivity contribution >= 4 is 24.6 Å². The van der Waals surface area contributed by atoms with Crippen molar-refractivity contribution in [3.8, 4) is 0 Å². The van der Waals surface area contributed by atoms with Crippen LogP contribution in [0, 0.1) is 22.7 Å². The van der Waals surface area contributed by atoms with Crippen LogP contribution in [-0.4, -0.2) is 102 Å². The fourth-order valence-electron chi connectivity index (χ4n) is 8.53. The summed E-state index contributed by atoms with van der Waals surface area (Å²) >= 11 is 0. The van der Waals surface area contributed by atoms with Gasteiger partial charge in [0.25, 0.3) is 6.47 Å². The number of carbonyl (C=O) groups excluding carboxylic acids is 4. The highest BCUT2D eigenvalue weighted by Gasteiger charge is 2.26. The van der Waals surface area contributed by atoms with Crippen LogP contribution < -0.4 is 11.1 Å². The number of nitrogens with one attached hydrogen (secondary N) is 1. The van der Waals surface area contributed by atoms with Crippen LogP contribution in [0.15, 0.2) is 0 Å². The van der Waals surface area contributed by atoms with Gasteiger partial charge in [-0.3, -0.25) is 14.4 Å². The summed E-state index contributed by atoms with van der Waals surface area (Å²) in [5, 5.41) is 3.18. The molecule has 0 spiro atoms. The van der Waals surface area contributed by atoms with E-state index in [1.807, 2.05) is 40.0 Å². The number of carbonyl (C=O) groups is 4. The standard InChI is InChI=1S/C25H49NO3.C15H32O.C12H23NO.C5H12N2O/c1-5-7-11-16-23(17-12-8-6-2)18-15-20-26-24(28)25(3,4)19-13-9-10-14-21-29-22-27;1-4-6-8-11-15(12-9-7-5-2)13-10-14-16-3;1-12(2,11-14)7-3-4-8-13-9-5-6-10-13;1-7(2)4-3-5(6)8/h22-23H,5-21H2,1-4H3,(H,26,28);15H,4-14H2,1-3H3;11H,3-10H2,1-2H3;3-4H2,1-2H3,(H2,6,8). The Morgan fingerprint density at radius 2 is 1.12 bits per heavy atom. The molecule has 10 heteroatoms. The summed E-state index contributed by atoms with van der Waals surface area (Å²) in [6.45, 7) is 24.6. The number of hydrogen-bond donors (Lipinski definition) is 2. The minimum Gasteiger partial charge on any atom is -0.468 e. The van der Waals surface area contributed by atoms with E-state index in [0.717, 1.165) is 82.8 Å². The molecule has 0 atom stereocenters. The molecule has 67 heavy (non-hydrogen) atoms. The Morgan fingerprint density at radius 1 is 0.642 bits per heavy atom. The first-order valence-electron chi connectivity index (χ1n) is 28.0. The predicted molar refractivity (Wildman–Crippen MR) is 288 cm³/mol. The van der Waals surface area contributed by atoms with E-state index in [0.29, 0.717) is 19.5 Å². The van der Waals surface area contributed by atoms with Crippen molar-refractivity contribution in [1.82, 2.24) is 15.1 Å². The van der Waals surface area contributed by atoms with Crippen LogP contribution in [-0.2, 0) is 28.7 Å². The smallest absolute Gasteiger partial charge is 0.293 e. The molecule has 400 valence electrons. The molecule has 0 aromatic heterocycles. The highest BCUT2D eigenvalue weighted by Crippen LogP contribution is 2.26. The maximum atomic E-state index is 12.6. The Bertz CT molecular complexity index is 1050. The molecule has 0 saturated carbocycles. The maximum Gasteiger partial charge on any atom is 0.293 e. The van der Waals surface area contributed by atoms with Gasteiger partial charge >= 0.3 is 0 Å². The average Bonchev–Trinajstić information content (AvgIpc) is 3.82. The Hall–Kier alpha value is -2.04. The van der Waals surface area contributed by atoms with Crippen molar-refractivity contribution in [1.29, 1.82) is 0 Å². The van der Waals surface area contributed by atoms with Crippen molar-refractivity contribution in [3.05, 3.63) is 0 Å². The van der Waals surface area contributed by atoms with Crippen LogP contribution in [0.4, 0.5) is 0 Å². The van der Waals surface area contributed by atoms with Crippen molar-refractivity contribution in [3.63, 3.8) is 0 Å². The van der Waals surface area contributed by atoms with Gasteiger partial charge in [0, 0.05) is 44.1 Å². The Balaban J connectivity index is -0.000000905. The summed E-state index contributed by atoms with van der Waals surface area (Å²) in [5.41, 5.74) is 4.46. The van der Waals surface area contributed by atoms with Crippen LogP contribution >= 0.6 is 0 Å². The minimum absolute atomic E-state index is 0.106. The molecular weight excluding hydrogens is 837 g/mol. The van der Waals surface area contributed by atoms with Gasteiger partial charge in [0.15, 0.2) is 0 Å². The summed E-state index contributed by atoms with van der Waals surface area (Å²) < 4.78 is 9.84. The van der Waals surface area contributed by atoms with E-state index in [2.05, 4.69) is 51.8 Å². The number of nitrogens with two attached hydrogens (primary N) is 1. The van der Waals surface area contributed by atoms with Crippen LogP contribution in [0.1, 0.15) is 254 Å². The third-order valence-corrected chi connectivity index (χ3v) is 13.3. The van der Waals surface area contributed by atoms with Gasteiger partial charge in [-0.1, -0.05) is 184 Å². The minimum atomic E-state index is -0.305. The van der Waals surface area contributed by atoms with E-state index >= 15 is 0 Å². The normalized spacial score (nSPS) is 12.8. The Morgan fingerprint density at radius 3 is 1.55 bits per heavy atom. The van der Waals surface area contributed by atoms with E-state index in [9.17, 15) is 19.2 Å². The second-order valence-corrected chi connectivity index (χ2v) is 21.4. The number of likely N-dealkylation sites (tertiary alicyclic amines) is 1. The van der Waals surface area contributed by atoms with Gasteiger partial charge in [0.1, 0.15) is 6.29 Å². The van der Waals surface area contributed by atoms with E-state index in [1.54, 1.807) is 0 Å². The third kappa shape index (κ3) is 51.6. The van der Waals surface area contributed by atoms with Gasteiger partial charge in [0.05, 0.1) is 6.61 Å². The Labute approximate surface area is 416 Å². The number of unbranched alkanes of at least 4 members (excludes halogenated alkanes) is 12. The summed E-state index contributed by atoms with van der Waals surface area (Å²) in [5.74, 6) is 1.75. The van der Waals surface area contributed by atoms with Crippen molar-refractivity contribution in [2.75, 3.05) is 67.1 Å². The number of rotatable bonds is 42. The number of nitrogens with zero attached hydrogens (tertiary/aromatic N) is 2. The van der Waals surface area contributed by atoms with Crippen molar-refractivity contribution in [2.24, 2.45) is 28.4 Å². The fourth-order valence-corrected chi connectivity index (χ4v) is 8.53. The number of ether oxygens (including phenoxy) is 2. The second-order valence-electron chi connectivity index (χ2n) is 21.4. The lowest BCUT2D eigenvalue weighted by molar-refractivity contribution is -0.130. The van der Waals surface area contributed by atoms with Crippen LogP contribution in [0.5, 0.6) is 0 Å². The van der Waals surface area contributed by atoms with Crippen molar-refractivity contribution < 1.29 is 28.7 Å². The lowest BCUT2D eigenvalue weighted by Crippen LogP contribution is -2.37. The molecule has 0 aliphatic carbocycles. The molecule has 1 aliphatic heterocycles. The second kappa shape index (κ2) is 50.4. The molecule has 1 aliphatic rings. The molecule has 2 amide bonds. The zero-order valence-corrected chi connectivity index (χ0v) is 46.6. The summed E-state index contributed by atoms with van der Waals surface area (Å²) in [7, 11) is 5.62. The molecule has 0 aromatic carbocycles. The number of aldehydes is 1. The first-order chi connectivity index (χ1) is 32.1. The Kier molecular flexibility index (Phi) is 52.0. The summed E-state index contributed by atoms with van der Waals surface area (Å²) in [6, 6.07) is 0. The van der Waals surface area contributed by atoms with E-state index < -0.39 is 0 Å². The van der Waals surface area contributed by atoms with Crippen molar-refractivity contribution in [2.45, 2.75) is 254 Å². The fraction of sp³-hybridized carbons (Fsp3) is 0.930. The average molecular weight is 954 g/mol. The van der Waals surface area contributed by atoms with E-state index in [-0.39, 0.29) is 22.6 Å². The lowest BCUT2D eigenvalue weighted by atomic mass is 9.85. The molecular formula is C57H116N4O6. The zero-order valence-electron chi connectivity index (χ0n) is 46.6. The van der Waals surface area contributed by atoms with E-state index in [1.165, 1.54) is 167 Å². The van der Waals surface area contributed by atoms with Crippen LogP contribution in [0.2, 0.25) is 0 Å². The largest absolute Gasteiger partial charge is 0.468 e. The highest BCUT2D eigenvalue weighted by molar-refractivity contribution is 5.81. The van der Waals surface area contributed by atoms with E-state index in [4.69, 9.17) is 15.2 Å². The topological polar surface area (TPSA) is 131 Å². The SMILES string of the molecule is CC(C)(C=O)CCCCN1CCCC1.CCCCCC(CCCCC)CCCNC(=O)C(C)(C)CCCCCCOC=O.CCCCCC(CCCCC)CCCOC.CN(C)CCC(N)=O. The number of hydrogen-bond acceptors (Lipinski definition) is 8. The maximum absolute atomic E-state index is 12.6. The molecule has 1 heterocycles. The van der Waals surface area contributed by atoms with Gasteiger partial charge < -0.3 is 35.1 Å². The molecule has 1 rings (SSSR count). The molecule has 10 nitrogen and oxygen atoms in total. The van der Waals surface area contributed by atoms with Gasteiger partial charge in [-0.05, 0) is 110 Å². The van der Waals surface area contributed by atoms with Gasteiger partial charge in [-0.2, -0.15) is 0 Å². The van der Waals surface area contributed by atoms with Gasteiger partial charge in [-0.15, -0.1) is 0 Å². The zero-order chi connectivity index (χ0) is 50.9. The number of primary amides is 1. The number of methoxy groups -OCH3 is 1. The third-order valence-electron chi connectivity index (χ3n) is 13.3. The molecule has 0 bridgehead atoms. The molecule has 3 N–H and O–H groups in total. The molecule has 1 fully saturated rings. The first kappa shape index (κ1) is 69.2.